The maximum absolute atomic E-state index is 12.9. The summed E-state index contributed by atoms with van der Waals surface area (Å²) in [5.74, 6) is 1.96. The fraction of sp³-hybridized carbons (Fsp3) is 0.308. The van der Waals surface area contributed by atoms with E-state index in [1.54, 1.807) is 18.3 Å². The van der Waals surface area contributed by atoms with Gasteiger partial charge in [0.1, 0.15) is 12.4 Å². The van der Waals surface area contributed by atoms with Gasteiger partial charge in [-0.05, 0) is 62.7 Å². The van der Waals surface area contributed by atoms with E-state index in [0.717, 1.165) is 11.3 Å². The lowest BCUT2D eigenvalue weighted by Gasteiger charge is -2.17. The van der Waals surface area contributed by atoms with E-state index in [1.807, 2.05) is 63.2 Å². The van der Waals surface area contributed by atoms with Gasteiger partial charge in [0.05, 0.1) is 25.5 Å². The monoisotopic (exact) mass is 450 g/mol. The van der Waals surface area contributed by atoms with E-state index in [4.69, 9.17) is 18.9 Å². The Hall–Kier alpha value is -3.74. The molecule has 0 aliphatic carbocycles. The Bertz CT molecular complexity index is 1010. The summed E-state index contributed by atoms with van der Waals surface area (Å²) < 4.78 is 22.9. The van der Waals surface area contributed by atoms with E-state index in [0.29, 0.717) is 61.5 Å². The van der Waals surface area contributed by atoms with Gasteiger partial charge in [0.15, 0.2) is 11.5 Å². The number of aromatic nitrogens is 1. The molecule has 0 aliphatic rings. The van der Waals surface area contributed by atoms with Crippen molar-refractivity contribution in [2.45, 2.75) is 33.9 Å². The molecule has 1 heterocycles. The van der Waals surface area contributed by atoms with Crippen LogP contribution >= 0.6 is 0 Å². The maximum Gasteiger partial charge on any atom is 0.251 e. The minimum atomic E-state index is -0.236. The molecular weight excluding hydrogens is 420 g/mol. The van der Waals surface area contributed by atoms with Crippen molar-refractivity contribution in [3.63, 3.8) is 0 Å². The van der Waals surface area contributed by atoms with E-state index < -0.39 is 0 Å². The molecule has 0 aliphatic heterocycles. The molecule has 7 heteroatoms. The fourth-order valence-corrected chi connectivity index (χ4v) is 3.19. The normalized spacial score (nSPS) is 10.4. The zero-order valence-corrected chi connectivity index (χ0v) is 19.3. The number of hydrogen-bond donors (Lipinski definition) is 1. The lowest BCUT2D eigenvalue weighted by atomic mass is 10.1. The highest BCUT2D eigenvalue weighted by Gasteiger charge is 2.18. The summed E-state index contributed by atoms with van der Waals surface area (Å²) in [7, 11) is 0. The Morgan fingerprint density at radius 1 is 0.848 bits per heavy atom. The number of carbonyl (C=O) groups excluding carboxylic acids is 1. The van der Waals surface area contributed by atoms with Crippen LogP contribution in [0.1, 0.15) is 42.4 Å². The molecule has 3 aromatic rings. The third kappa shape index (κ3) is 6.87. The summed E-state index contributed by atoms with van der Waals surface area (Å²) in [6.07, 6.45) is 1.74. The van der Waals surface area contributed by atoms with Gasteiger partial charge < -0.3 is 24.3 Å². The second kappa shape index (κ2) is 12.3. The predicted molar refractivity (Wildman–Crippen MR) is 126 cm³/mol. The number of ether oxygens (including phenoxy) is 4. The Morgan fingerprint density at radius 2 is 1.58 bits per heavy atom. The molecule has 0 saturated heterocycles. The third-order valence-electron chi connectivity index (χ3n) is 4.64. The van der Waals surface area contributed by atoms with Gasteiger partial charge in [-0.15, -0.1) is 0 Å². The molecule has 2 aromatic carbocycles. The van der Waals surface area contributed by atoms with E-state index in [9.17, 15) is 4.79 Å². The number of benzene rings is 2. The largest absolute Gasteiger partial charge is 0.490 e. The molecule has 0 bridgehead atoms. The van der Waals surface area contributed by atoms with Crippen LogP contribution < -0.4 is 24.3 Å². The van der Waals surface area contributed by atoms with Crippen LogP contribution in [0.2, 0.25) is 0 Å². The number of rotatable bonds is 12. The maximum atomic E-state index is 12.9. The summed E-state index contributed by atoms with van der Waals surface area (Å²) in [5.41, 5.74) is 2.21. The standard InChI is InChI=1S/C26H30N2O5/c1-4-30-23-15-20(16-24(31-5-2)25(23)32-6-3)26(29)28-17-19-10-9-12-22(14-19)33-18-21-11-7-8-13-27-21/h7-16H,4-6,17-18H2,1-3H3,(H,28,29). The van der Waals surface area contributed by atoms with Gasteiger partial charge in [0.2, 0.25) is 5.75 Å². The van der Waals surface area contributed by atoms with Gasteiger partial charge in [-0.1, -0.05) is 18.2 Å². The van der Waals surface area contributed by atoms with E-state index >= 15 is 0 Å². The molecule has 0 fully saturated rings. The van der Waals surface area contributed by atoms with Crippen LogP contribution in [-0.4, -0.2) is 30.7 Å². The number of nitrogens with zero attached hydrogens (tertiary/aromatic N) is 1. The Kier molecular flexibility index (Phi) is 8.94. The number of hydrogen-bond acceptors (Lipinski definition) is 6. The second-order valence-corrected chi connectivity index (χ2v) is 7.04. The minimum Gasteiger partial charge on any atom is -0.490 e. The van der Waals surface area contributed by atoms with Crippen LogP contribution in [0.25, 0.3) is 0 Å². The fourth-order valence-electron chi connectivity index (χ4n) is 3.19. The van der Waals surface area contributed by atoms with Gasteiger partial charge in [0, 0.05) is 18.3 Å². The average Bonchev–Trinajstić information content (AvgIpc) is 2.84. The molecule has 33 heavy (non-hydrogen) atoms. The van der Waals surface area contributed by atoms with Crippen molar-refractivity contribution in [2.24, 2.45) is 0 Å². The molecule has 3 rings (SSSR count). The number of carbonyl (C=O) groups is 1. The van der Waals surface area contributed by atoms with Crippen molar-refractivity contribution in [3.8, 4) is 23.0 Å². The highest BCUT2D eigenvalue weighted by atomic mass is 16.5. The molecule has 0 atom stereocenters. The molecule has 0 spiro atoms. The van der Waals surface area contributed by atoms with Crippen molar-refractivity contribution >= 4 is 5.91 Å². The van der Waals surface area contributed by atoms with Gasteiger partial charge in [0.25, 0.3) is 5.91 Å². The first-order chi connectivity index (χ1) is 16.1. The average molecular weight is 451 g/mol. The molecule has 1 N–H and O–H groups in total. The molecule has 1 amide bonds. The summed E-state index contributed by atoms with van der Waals surface area (Å²) in [6, 6.07) is 16.7. The predicted octanol–water partition coefficient (Wildman–Crippen LogP) is 4.79. The topological polar surface area (TPSA) is 78.9 Å². The molecule has 174 valence electrons. The SMILES string of the molecule is CCOc1cc(C(=O)NCc2cccc(OCc3ccccn3)c2)cc(OCC)c1OCC. The minimum absolute atomic E-state index is 0.236. The first-order valence-corrected chi connectivity index (χ1v) is 11.1. The summed E-state index contributed by atoms with van der Waals surface area (Å²) >= 11 is 0. The lowest BCUT2D eigenvalue weighted by molar-refractivity contribution is 0.0949. The number of nitrogens with one attached hydrogen (secondary N) is 1. The van der Waals surface area contributed by atoms with Crippen LogP contribution in [0.3, 0.4) is 0 Å². The van der Waals surface area contributed by atoms with Gasteiger partial charge >= 0.3 is 0 Å². The van der Waals surface area contributed by atoms with Gasteiger partial charge in [-0.2, -0.15) is 0 Å². The van der Waals surface area contributed by atoms with Crippen LogP contribution in [0, 0.1) is 0 Å². The van der Waals surface area contributed by atoms with Crippen LogP contribution in [0.15, 0.2) is 60.8 Å². The summed E-state index contributed by atoms with van der Waals surface area (Å²) in [4.78, 5) is 17.1. The van der Waals surface area contributed by atoms with Crippen molar-refractivity contribution < 1.29 is 23.7 Å². The van der Waals surface area contributed by atoms with Crippen molar-refractivity contribution in [1.29, 1.82) is 0 Å². The lowest BCUT2D eigenvalue weighted by Crippen LogP contribution is -2.23. The molecule has 7 nitrogen and oxygen atoms in total. The first-order valence-electron chi connectivity index (χ1n) is 11.1. The first kappa shape index (κ1) is 23.9. The van der Waals surface area contributed by atoms with Crippen molar-refractivity contribution in [3.05, 3.63) is 77.6 Å². The Balaban J connectivity index is 1.68. The van der Waals surface area contributed by atoms with Crippen molar-refractivity contribution in [1.82, 2.24) is 10.3 Å². The van der Waals surface area contributed by atoms with E-state index in [1.165, 1.54) is 0 Å². The van der Waals surface area contributed by atoms with Gasteiger partial charge in [-0.25, -0.2) is 0 Å². The Labute approximate surface area is 194 Å². The van der Waals surface area contributed by atoms with E-state index in [-0.39, 0.29) is 5.91 Å². The van der Waals surface area contributed by atoms with Crippen LogP contribution in [0.4, 0.5) is 0 Å². The smallest absolute Gasteiger partial charge is 0.251 e. The van der Waals surface area contributed by atoms with E-state index in [2.05, 4.69) is 10.3 Å². The van der Waals surface area contributed by atoms with Gasteiger partial charge in [-0.3, -0.25) is 9.78 Å². The summed E-state index contributed by atoms with van der Waals surface area (Å²) in [5, 5.41) is 2.95. The zero-order valence-electron chi connectivity index (χ0n) is 19.3. The number of pyridine rings is 1. The van der Waals surface area contributed by atoms with Crippen molar-refractivity contribution in [2.75, 3.05) is 19.8 Å². The van der Waals surface area contributed by atoms with Crippen LogP contribution in [0.5, 0.6) is 23.0 Å². The molecule has 0 unspecified atom stereocenters. The molecular formula is C26H30N2O5. The highest BCUT2D eigenvalue weighted by Crippen LogP contribution is 2.39. The van der Waals surface area contributed by atoms with Crippen LogP contribution in [-0.2, 0) is 13.2 Å². The highest BCUT2D eigenvalue weighted by molar-refractivity contribution is 5.95. The third-order valence-corrected chi connectivity index (χ3v) is 4.64. The zero-order chi connectivity index (χ0) is 23.5. The molecule has 1 aromatic heterocycles. The summed E-state index contributed by atoms with van der Waals surface area (Å²) in [6.45, 7) is 7.73. The Morgan fingerprint density at radius 3 is 2.21 bits per heavy atom. The quantitative estimate of drug-likeness (QED) is 0.428. The second-order valence-electron chi connectivity index (χ2n) is 7.04. The number of amides is 1. The molecule has 0 radical (unpaired) electrons. The molecule has 0 saturated carbocycles.